The second-order valence-electron chi connectivity index (χ2n) is 5.83. The molecule has 0 aromatic carbocycles. The maximum Gasteiger partial charge on any atom is 0.249 e. The van der Waals surface area contributed by atoms with E-state index in [0.29, 0.717) is 18.7 Å². The Balaban J connectivity index is 1.63. The smallest absolute Gasteiger partial charge is 0.249 e. The number of aromatic nitrogens is 2. The van der Waals surface area contributed by atoms with Gasteiger partial charge in [0, 0.05) is 38.7 Å². The van der Waals surface area contributed by atoms with Crippen molar-refractivity contribution in [1.82, 2.24) is 20.2 Å². The molecule has 2 aliphatic rings. The molecule has 2 saturated heterocycles. The van der Waals surface area contributed by atoms with E-state index in [9.17, 15) is 9.59 Å². The molecule has 23 heavy (non-hydrogen) atoms. The van der Waals surface area contributed by atoms with Gasteiger partial charge < -0.3 is 15.1 Å². The summed E-state index contributed by atoms with van der Waals surface area (Å²) in [6, 6.07) is 1.44. The molecule has 1 aromatic rings. The Bertz CT molecular complexity index is 585. The zero-order valence-corrected chi connectivity index (χ0v) is 13.3. The molecule has 1 atom stereocenters. The van der Waals surface area contributed by atoms with Crippen LogP contribution in [-0.4, -0.2) is 65.4 Å². The molecule has 2 aliphatic heterocycles. The van der Waals surface area contributed by atoms with Crippen molar-refractivity contribution in [2.24, 2.45) is 0 Å². The zero-order chi connectivity index (χ0) is 16.2. The molecule has 0 radical (unpaired) electrons. The number of piperazine rings is 1. The molecule has 0 aliphatic carbocycles. The van der Waals surface area contributed by atoms with E-state index in [0.717, 1.165) is 38.5 Å². The molecule has 1 aromatic heterocycles. The van der Waals surface area contributed by atoms with Crippen LogP contribution in [0.1, 0.15) is 19.8 Å². The maximum absolute atomic E-state index is 11.8. The van der Waals surface area contributed by atoms with Crippen molar-refractivity contribution in [2.45, 2.75) is 25.8 Å². The first-order valence-electron chi connectivity index (χ1n) is 8.05. The highest BCUT2D eigenvalue weighted by molar-refractivity contribution is 6.01. The molecule has 8 nitrogen and oxygen atoms in total. The molecule has 3 rings (SSSR count). The average molecular weight is 318 g/mol. The number of piperidine rings is 1. The van der Waals surface area contributed by atoms with Crippen LogP contribution in [-0.2, 0) is 9.59 Å². The predicted octanol–water partition coefficient (Wildman–Crippen LogP) is -0.164. The fourth-order valence-corrected chi connectivity index (χ4v) is 2.90. The van der Waals surface area contributed by atoms with Crippen molar-refractivity contribution in [1.29, 1.82) is 0 Å². The molecule has 1 unspecified atom stereocenters. The van der Waals surface area contributed by atoms with E-state index in [-0.39, 0.29) is 11.8 Å². The fraction of sp³-hybridized carbons (Fsp3) is 0.600. The van der Waals surface area contributed by atoms with Crippen molar-refractivity contribution in [3.8, 4) is 0 Å². The summed E-state index contributed by atoms with van der Waals surface area (Å²) in [5.41, 5.74) is 0. The van der Waals surface area contributed by atoms with Crippen LogP contribution in [0.2, 0.25) is 0 Å². The minimum Gasteiger partial charge on any atom is -0.358 e. The van der Waals surface area contributed by atoms with Gasteiger partial charge in [-0.3, -0.25) is 14.9 Å². The number of likely N-dealkylation sites (N-methyl/N-ethyl adjacent to an activating group) is 1. The second-order valence-corrected chi connectivity index (χ2v) is 5.83. The number of imide groups is 1. The van der Waals surface area contributed by atoms with E-state index in [2.05, 4.69) is 37.3 Å². The lowest BCUT2D eigenvalue weighted by Gasteiger charge is -2.34. The standard InChI is InChI=1S/C15H22N6O2/c1-2-20-5-7-21(8-6-20)13-9-12(16-10-17-13)18-11-3-4-14(22)19-15(11)23/h9-11H,2-8H2,1H3,(H,16,17,18)(H,19,22,23). The largest absolute Gasteiger partial charge is 0.358 e. The summed E-state index contributed by atoms with van der Waals surface area (Å²) in [4.78, 5) is 36.2. The molecular weight excluding hydrogens is 296 g/mol. The summed E-state index contributed by atoms with van der Waals surface area (Å²) < 4.78 is 0. The Labute approximate surface area is 135 Å². The van der Waals surface area contributed by atoms with Crippen molar-refractivity contribution in [3.05, 3.63) is 12.4 Å². The summed E-state index contributed by atoms with van der Waals surface area (Å²) in [7, 11) is 0. The number of carbonyl (C=O) groups is 2. The molecular formula is C15H22N6O2. The van der Waals surface area contributed by atoms with Gasteiger partial charge in [0.05, 0.1) is 0 Å². The van der Waals surface area contributed by atoms with Gasteiger partial charge in [0.25, 0.3) is 0 Å². The van der Waals surface area contributed by atoms with Crippen LogP contribution in [0.25, 0.3) is 0 Å². The van der Waals surface area contributed by atoms with E-state index in [1.165, 1.54) is 6.33 Å². The number of amides is 2. The number of nitrogens with one attached hydrogen (secondary N) is 2. The van der Waals surface area contributed by atoms with Crippen LogP contribution in [0.5, 0.6) is 0 Å². The predicted molar refractivity (Wildman–Crippen MR) is 86.2 cm³/mol. The van der Waals surface area contributed by atoms with Crippen LogP contribution in [0.15, 0.2) is 12.4 Å². The van der Waals surface area contributed by atoms with Crippen molar-refractivity contribution < 1.29 is 9.59 Å². The molecule has 0 saturated carbocycles. The SMILES string of the molecule is CCN1CCN(c2cc(NC3CCC(=O)NC3=O)ncn2)CC1. The van der Waals surface area contributed by atoms with Crippen LogP contribution in [0.4, 0.5) is 11.6 Å². The minimum atomic E-state index is -0.424. The Hall–Kier alpha value is -2.22. The van der Waals surface area contributed by atoms with Gasteiger partial charge >= 0.3 is 0 Å². The first kappa shape index (κ1) is 15.7. The van der Waals surface area contributed by atoms with Gasteiger partial charge in [-0.05, 0) is 13.0 Å². The highest BCUT2D eigenvalue weighted by Gasteiger charge is 2.27. The Morgan fingerprint density at radius 3 is 2.74 bits per heavy atom. The van der Waals surface area contributed by atoms with Crippen LogP contribution >= 0.6 is 0 Å². The maximum atomic E-state index is 11.8. The van der Waals surface area contributed by atoms with Gasteiger partial charge in [-0.25, -0.2) is 9.97 Å². The highest BCUT2D eigenvalue weighted by atomic mass is 16.2. The molecule has 0 bridgehead atoms. The first-order valence-corrected chi connectivity index (χ1v) is 8.05. The monoisotopic (exact) mass is 318 g/mol. The van der Waals surface area contributed by atoms with E-state index < -0.39 is 6.04 Å². The molecule has 2 fully saturated rings. The lowest BCUT2D eigenvalue weighted by atomic mass is 10.1. The quantitative estimate of drug-likeness (QED) is 0.745. The van der Waals surface area contributed by atoms with Crippen molar-refractivity contribution in [2.75, 3.05) is 42.9 Å². The summed E-state index contributed by atoms with van der Waals surface area (Å²) in [6.45, 7) is 7.15. The summed E-state index contributed by atoms with van der Waals surface area (Å²) in [5, 5.41) is 5.44. The third kappa shape index (κ3) is 3.76. The first-order chi connectivity index (χ1) is 11.2. The van der Waals surface area contributed by atoms with Gasteiger partial charge in [0.15, 0.2) is 0 Å². The number of anilines is 2. The van der Waals surface area contributed by atoms with Gasteiger partial charge in [-0.2, -0.15) is 0 Å². The topological polar surface area (TPSA) is 90.5 Å². The van der Waals surface area contributed by atoms with Gasteiger partial charge in [-0.15, -0.1) is 0 Å². The second kappa shape index (κ2) is 6.91. The van der Waals surface area contributed by atoms with E-state index in [4.69, 9.17) is 0 Å². The zero-order valence-electron chi connectivity index (χ0n) is 13.3. The van der Waals surface area contributed by atoms with Crippen LogP contribution < -0.4 is 15.5 Å². The Morgan fingerprint density at radius 1 is 1.26 bits per heavy atom. The molecule has 8 heteroatoms. The van der Waals surface area contributed by atoms with Gasteiger partial charge in [0.1, 0.15) is 24.0 Å². The third-order valence-corrected chi connectivity index (χ3v) is 4.36. The molecule has 124 valence electrons. The molecule has 0 spiro atoms. The molecule has 2 N–H and O–H groups in total. The Morgan fingerprint density at radius 2 is 2.04 bits per heavy atom. The number of carbonyl (C=O) groups excluding carboxylic acids is 2. The Kier molecular flexibility index (Phi) is 4.71. The lowest BCUT2D eigenvalue weighted by Crippen LogP contribution is -2.47. The average Bonchev–Trinajstić information content (AvgIpc) is 2.58. The number of nitrogens with zero attached hydrogens (tertiary/aromatic N) is 4. The third-order valence-electron chi connectivity index (χ3n) is 4.36. The van der Waals surface area contributed by atoms with Crippen LogP contribution in [0.3, 0.4) is 0 Å². The summed E-state index contributed by atoms with van der Waals surface area (Å²) in [5.74, 6) is 0.969. The van der Waals surface area contributed by atoms with Gasteiger partial charge in [0.2, 0.25) is 11.8 Å². The molecule has 2 amide bonds. The molecule has 3 heterocycles. The normalized spacial score (nSPS) is 22.8. The highest BCUT2D eigenvalue weighted by Crippen LogP contribution is 2.18. The number of rotatable bonds is 4. The fourth-order valence-electron chi connectivity index (χ4n) is 2.90. The van der Waals surface area contributed by atoms with E-state index in [1.54, 1.807) is 0 Å². The van der Waals surface area contributed by atoms with E-state index >= 15 is 0 Å². The lowest BCUT2D eigenvalue weighted by molar-refractivity contribution is -0.133. The van der Waals surface area contributed by atoms with Gasteiger partial charge in [-0.1, -0.05) is 6.92 Å². The summed E-state index contributed by atoms with van der Waals surface area (Å²) in [6.07, 6.45) is 2.34. The number of hydrogen-bond acceptors (Lipinski definition) is 7. The van der Waals surface area contributed by atoms with Crippen molar-refractivity contribution >= 4 is 23.5 Å². The summed E-state index contributed by atoms with van der Waals surface area (Å²) >= 11 is 0. The number of hydrogen-bond donors (Lipinski definition) is 2. The van der Waals surface area contributed by atoms with Crippen LogP contribution in [0, 0.1) is 0 Å². The van der Waals surface area contributed by atoms with E-state index in [1.807, 2.05) is 6.07 Å². The van der Waals surface area contributed by atoms with Crippen molar-refractivity contribution in [3.63, 3.8) is 0 Å². The minimum absolute atomic E-state index is 0.217.